The molecule has 6 rings (SSSR count). The van der Waals surface area contributed by atoms with E-state index in [0.29, 0.717) is 0 Å². The second-order valence-electron chi connectivity index (χ2n) is 8.68. The van der Waals surface area contributed by atoms with Crippen LogP contribution in [0.2, 0.25) is 0 Å². The number of rotatable bonds is 4. The van der Waals surface area contributed by atoms with Gasteiger partial charge in [-0.3, -0.25) is 6.42 Å². The number of hydrogen-bond acceptors (Lipinski definition) is 4. The van der Waals surface area contributed by atoms with Crippen molar-refractivity contribution < 1.29 is 29.7 Å². The van der Waals surface area contributed by atoms with E-state index in [1.807, 2.05) is 97.3 Å². The van der Waals surface area contributed by atoms with Crippen molar-refractivity contribution >= 4 is 33.1 Å². The Morgan fingerprint density at radius 3 is 1.32 bits per heavy atom. The molecule has 0 atom stereocenters. The number of hydrogen-bond donors (Lipinski definition) is 0. The van der Waals surface area contributed by atoms with Crippen LogP contribution in [0.15, 0.2) is 122 Å². The minimum atomic E-state index is -0.187. The fraction of sp³-hybridized carbons (Fsp3) is 0.0571. The SMILES string of the molecule is CC(=O)[CH-]C(C)=O.[Ir].[c-]1ccccc1-c1nccc2ccccc12.[c-]1ccccc1-c1nccc2ccccc12. The molecule has 2 aromatic heterocycles. The second kappa shape index (κ2) is 15.2. The average Bonchev–Trinajstić information content (AvgIpc) is 2.97. The Morgan fingerprint density at radius 1 is 0.575 bits per heavy atom. The van der Waals surface area contributed by atoms with Crippen LogP contribution in [0.5, 0.6) is 0 Å². The molecule has 201 valence electrons. The average molecular weight is 700 g/mol. The monoisotopic (exact) mass is 700 g/mol. The van der Waals surface area contributed by atoms with Gasteiger partial charge in [0.05, 0.1) is 0 Å². The Morgan fingerprint density at radius 2 is 0.975 bits per heavy atom. The third kappa shape index (κ3) is 8.28. The number of carbonyl (C=O) groups is 2. The van der Waals surface area contributed by atoms with Crippen molar-refractivity contribution in [1.82, 2.24) is 9.97 Å². The first-order valence-electron chi connectivity index (χ1n) is 12.5. The summed E-state index contributed by atoms with van der Waals surface area (Å²) in [5.41, 5.74) is 4.08. The number of carbonyl (C=O) groups excluding carboxylic acids is 2. The van der Waals surface area contributed by atoms with Gasteiger partial charge in [-0.2, -0.15) is 0 Å². The molecular weight excluding hydrogens is 673 g/mol. The molecule has 0 aliphatic carbocycles. The van der Waals surface area contributed by atoms with Crippen molar-refractivity contribution in [2.45, 2.75) is 13.8 Å². The molecule has 0 saturated heterocycles. The van der Waals surface area contributed by atoms with E-state index in [0.717, 1.165) is 28.9 Å². The van der Waals surface area contributed by atoms with E-state index in [-0.39, 0.29) is 31.7 Å². The van der Waals surface area contributed by atoms with Crippen LogP contribution in [-0.2, 0) is 29.7 Å². The summed E-state index contributed by atoms with van der Waals surface area (Å²) in [6.07, 6.45) is 4.75. The van der Waals surface area contributed by atoms with Gasteiger partial charge >= 0.3 is 0 Å². The fourth-order valence-electron chi connectivity index (χ4n) is 4.04. The maximum atomic E-state index is 9.98. The van der Waals surface area contributed by atoms with Gasteiger partial charge in [0.15, 0.2) is 0 Å². The molecule has 0 aliphatic rings. The number of ketones is 2. The molecule has 0 saturated carbocycles. The van der Waals surface area contributed by atoms with Crippen molar-refractivity contribution in [3.63, 3.8) is 0 Å². The summed E-state index contributed by atoms with van der Waals surface area (Å²) < 4.78 is 0. The number of Topliss-reactive ketones (excluding diaryl/α,β-unsaturated/α-hetero) is 2. The Hall–Kier alpha value is -4.44. The molecule has 0 N–H and O–H groups in total. The van der Waals surface area contributed by atoms with Gasteiger partial charge in [0, 0.05) is 44.1 Å². The smallest absolute Gasteiger partial charge is 0.0167 e. The van der Waals surface area contributed by atoms with E-state index in [9.17, 15) is 9.59 Å². The third-order valence-electron chi connectivity index (χ3n) is 5.68. The molecule has 0 bridgehead atoms. The summed E-state index contributed by atoms with van der Waals surface area (Å²) >= 11 is 0. The fourth-order valence-corrected chi connectivity index (χ4v) is 4.04. The Kier molecular flexibility index (Phi) is 11.5. The summed E-state index contributed by atoms with van der Waals surface area (Å²) in [7, 11) is 0. The van der Waals surface area contributed by atoms with Crippen LogP contribution in [0.1, 0.15) is 13.8 Å². The summed E-state index contributed by atoms with van der Waals surface area (Å²) in [4.78, 5) is 28.8. The molecule has 4 nitrogen and oxygen atoms in total. The van der Waals surface area contributed by atoms with Crippen molar-refractivity contribution in [3.8, 4) is 22.5 Å². The maximum Gasteiger partial charge on any atom is 0.0167 e. The second-order valence-corrected chi connectivity index (χ2v) is 8.68. The van der Waals surface area contributed by atoms with Crippen LogP contribution >= 0.6 is 0 Å². The van der Waals surface area contributed by atoms with E-state index < -0.39 is 0 Å². The molecule has 5 heteroatoms. The number of fused-ring (bicyclic) bond motifs is 2. The third-order valence-corrected chi connectivity index (χ3v) is 5.68. The van der Waals surface area contributed by atoms with Crippen LogP contribution in [0, 0.1) is 18.6 Å². The van der Waals surface area contributed by atoms with E-state index in [1.165, 1.54) is 35.4 Å². The van der Waals surface area contributed by atoms with Crippen LogP contribution in [0.25, 0.3) is 44.1 Å². The van der Waals surface area contributed by atoms with Crippen LogP contribution < -0.4 is 0 Å². The maximum absolute atomic E-state index is 9.98. The molecule has 0 aliphatic heterocycles. The van der Waals surface area contributed by atoms with Gasteiger partial charge in [0.2, 0.25) is 0 Å². The number of aromatic nitrogens is 2. The van der Waals surface area contributed by atoms with Gasteiger partial charge in [-0.15, -0.1) is 71.8 Å². The van der Waals surface area contributed by atoms with Crippen LogP contribution in [0.3, 0.4) is 0 Å². The summed E-state index contributed by atoms with van der Waals surface area (Å²) in [6, 6.07) is 42.9. The summed E-state index contributed by atoms with van der Waals surface area (Å²) in [5.74, 6) is -0.375. The zero-order chi connectivity index (χ0) is 27.5. The first-order valence-corrected chi connectivity index (χ1v) is 12.5. The molecule has 4 aromatic carbocycles. The minimum absolute atomic E-state index is 0. The van der Waals surface area contributed by atoms with Crippen molar-refractivity contribution in [2.24, 2.45) is 0 Å². The largest absolute Gasteiger partial charge is 0.334 e. The zero-order valence-electron chi connectivity index (χ0n) is 22.2. The Balaban J connectivity index is 0.000000177. The molecule has 1 radical (unpaired) electrons. The van der Waals surface area contributed by atoms with Crippen molar-refractivity contribution in [2.75, 3.05) is 0 Å². The van der Waals surface area contributed by atoms with E-state index in [2.05, 4.69) is 46.4 Å². The van der Waals surface area contributed by atoms with Gasteiger partial charge in [0.25, 0.3) is 0 Å². The molecule has 0 unspecified atom stereocenters. The predicted molar refractivity (Wildman–Crippen MR) is 158 cm³/mol. The quantitative estimate of drug-likeness (QED) is 0.139. The van der Waals surface area contributed by atoms with Gasteiger partial charge in [-0.05, 0) is 58.9 Å². The predicted octanol–water partition coefficient (Wildman–Crippen LogP) is 7.77. The van der Waals surface area contributed by atoms with Crippen molar-refractivity contribution in [1.29, 1.82) is 0 Å². The summed E-state index contributed by atoms with van der Waals surface area (Å²) in [6.45, 7) is 2.70. The Bertz CT molecular complexity index is 1550. The first-order chi connectivity index (χ1) is 19.0. The van der Waals surface area contributed by atoms with Crippen molar-refractivity contribution in [3.05, 3.63) is 140 Å². The van der Waals surface area contributed by atoms with E-state index in [4.69, 9.17) is 0 Å². The number of benzene rings is 4. The molecule has 6 aromatic rings. The normalized spacial score (nSPS) is 9.75. The van der Waals surface area contributed by atoms with E-state index >= 15 is 0 Å². The van der Waals surface area contributed by atoms with Gasteiger partial charge in [0.1, 0.15) is 0 Å². The summed E-state index contributed by atoms with van der Waals surface area (Å²) in [5, 5.41) is 4.77. The van der Waals surface area contributed by atoms with Gasteiger partial charge in [-0.1, -0.05) is 48.5 Å². The molecular formula is C35H27IrN2O2-3. The van der Waals surface area contributed by atoms with E-state index in [1.54, 1.807) is 0 Å². The molecule has 0 amide bonds. The molecule has 0 fully saturated rings. The molecule has 2 heterocycles. The van der Waals surface area contributed by atoms with Gasteiger partial charge in [-0.25, -0.2) is 0 Å². The van der Waals surface area contributed by atoms with Crippen LogP contribution in [0.4, 0.5) is 0 Å². The molecule has 40 heavy (non-hydrogen) atoms. The van der Waals surface area contributed by atoms with Crippen LogP contribution in [-0.4, -0.2) is 21.5 Å². The zero-order valence-corrected chi connectivity index (χ0v) is 24.6. The van der Waals surface area contributed by atoms with Gasteiger partial charge < -0.3 is 19.6 Å². The number of pyridine rings is 2. The first kappa shape index (κ1) is 30.1. The number of nitrogens with zero attached hydrogens (tertiary/aromatic N) is 2. The Labute approximate surface area is 248 Å². The molecule has 0 spiro atoms. The topological polar surface area (TPSA) is 59.9 Å². The standard InChI is InChI=1S/2C15H10N.C5H7O2.Ir/c2*1-2-7-13(8-3-1)15-14-9-5-4-6-12(14)10-11-16-15;1-4(6)3-5(2)7;/h2*1-7,9-11H;3H,1-2H3;/q3*-1;. The minimum Gasteiger partial charge on any atom is -0.334 e.